The quantitative estimate of drug-likeness (QED) is 0.388. The Bertz CT molecular complexity index is 1380. The summed E-state index contributed by atoms with van der Waals surface area (Å²) >= 11 is 0. The first-order valence-corrected chi connectivity index (χ1v) is 12.0. The molecule has 0 spiro atoms. The highest BCUT2D eigenvalue weighted by atomic mass is 32.2. The molecule has 0 fully saturated rings. The van der Waals surface area contributed by atoms with Crippen molar-refractivity contribution in [3.8, 4) is 0 Å². The maximum Gasteiger partial charge on any atom is 0.338 e. The molecule has 164 valence electrons. The van der Waals surface area contributed by atoms with E-state index in [1.807, 2.05) is 35.8 Å². The number of esters is 1. The number of ether oxygens (including phenoxy) is 1. The Morgan fingerprint density at radius 2 is 1.66 bits per heavy atom. The van der Waals surface area contributed by atoms with Gasteiger partial charge in [-0.05, 0) is 55.3 Å². The number of hydrogen-bond acceptors (Lipinski definition) is 5. The van der Waals surface area contributed by atoms with E-state index in [2.05, 4.69) is 4.98 Å². The summed E-state index contributed by atoms with van der Waals surface area (Å²) in [4.78, 5) is 17.1. The van der Waals surface area contributed by atoms with Gasteiger partial charge in [0.1, 0.15) is 5.82 Å². The highest BCUT2D eigenvalue weighted by Gasteiger charge is 2.18. The van der Waals surface area contributed by atoms with Gasteiger partial charge in [-0.1, -0.05) is 42.5 Å². The van der Waals surface area contributed by atoms with E-state index in [0.29, 0.717) is 23.6 Å². The fourth-order valence-electron chi connectivity index (χ4n) is 3.72. The summed E-state index contributed by atoms with van der Waals surface area (Å²) in [5, 5.41) is 0. The van der Waals surface area contributed by atoms with Gasteiger partial charge in [0.2, 0.25) is 0 Å². The van der Waals surface area contributed by atoms with Crippen LogP contribution in [0.3, 0.4) is 0 Å². The Labute approximate surface area is 187 Å². The van der Waals surface area contributed by atoms with Crippen LogP contribution in [0.25, 0.3) is 11.0 Å². The summed E-state index contributed by atoms with van der Waals surface area (Å²) in [7, 11) is -3.48. The Hall–Kier alpha value is -3.45. The lowest BCUT2D eigenvalue weighted by Crippen LogP contribution is -2.10. The van der Waals surface area contributed by atoms with Crippen LogP contribution in [0.4, 0.5) is 0 Å². The monoisotopic (exact) mass is 448 g/mol. The lowest BCUT2D eigenvalue weighted by atomic mass is 10.1. The summed E-state index contributed by atoms with van der Waals surface area (Å²) < 4.78 is 33.0. The number of benzene rings is 3. The van der Waals surface area contributed by atoms with Crippen LogP contribution in [0.15, 0.2) is 77.7 Å². The maximum absolute atomic E-state index is 12.9. The molecule has 0 saturated carbocycles. The van der Waals surface area contributed by atoms with Gasteiger partial charge < -0.3 is 9.30 Å². The number of rotatable bonds is 7. The molecule has 0 unspecified atom stereocenters. The zero-order valence-corrected chi connectivity index (χ0v) is 18.8. The summed E-state index contributed by atoms with van der Waals surface area (Å²) in [5.41, 5.74) is 3.65. The second-order valence-electron chi connectivity index (χ2n) is 7.51. The van der Waals surface area contributed by atoms with Crippen molar-refractivity contribution in [2.45, 2.75) is 31.0 Å². The van der Waals surface area contributed by atoms with Gasteiger partial charge in [-0.25, -0.2) is 18.2 Å². The fraction of sp³-hybridized carbons (Fsp3) is 0.200. The number of carbonyl (C=O) groups is 1. The minimum absolute atomic E-state index is 0.0903. The van der Waals surface area contributed by atoms with Gasteiger partial charge in [-0.3, -0.25) is 0 Å². The van der Waals surface area contributed by atoms with E-state index in [-0.39, 0.29) is 11.7 Å². The summed E-state index contributed by atoms with van der Waals surface area (Å²) in [6.45, 7) is 4.41. The SMILES string of the molecule is CCOC(=O)c1ccc2nc(C)n(Cc3ccccc3CS(=O)(=O)c3ccccc3)c2c1. The molecule has 7 heteroatoms. The molecule has 0 saturated heterocycles. The number of fused-ring (bicyclic) bond motifs is 1. The molecule has 0 atom stereocenters. The van der Waals surface area contributed by atoms with Gasteiger partial charge in [-0.2, -0.15) is 0 Å². The largest absolute Gasteiger partial charge is 0.462 e. The van der Waals surface area contributed by atoms with Crippen molar-refractivity contribution in [1.82, 2.24) is 9.55 Å². The predicted molar refractivity (Wildman–Crippen MR) is 123 cm³/mol. The number of imidazole rings is 1. The predicted octanol–water partition coefficient (Wildman–Crippen LogP) is 4.54. The average Bonchev–Trinajstić information content (AvgIpc) is 3.10. The van der Waals surface area contributed by atoms with Crippen LogP contribution in [0.5, 0.6) is 0 Å². The third kappa shape index (κ3) is 4.43. The second-order valence-corrected chi connectivity index (χ2v) is 9.50. The maximum atomic E-state index is 12.9. The third-order valence-corrected chi connectivity index (χ3v) is 7.03. The number of aryl methyl sites for hydroxylation is 1. The fourth-order valence-corrected chi connectivity index (χ4v) is 5.15. The van der Waals surface area contributed by atoms with E-state index in [4.69, 9.17) is 4.74 Å². The molecule has 0 aliphatic rings. The van der Waals surface area contributed by atoms with E-state index in [9.17, 15) is 13.2 Å². The van der Waals surface area contributed by atoms with Crippen LogP contribution in [0.1, 0.15) is 34.2 Å². The Morgan fingerprint density at radius 3 is 2.38 bits per heavy atom. The van der Waals surface area contributed by atoms with Crippen molar-refractivity contribution in [3.05, 3.63) is 95.3 Å². The van der Waals surface area contributed by atoms with Crippen LogP contribution in [0, 0.1) is 6.92 Å². The van der Waals surface area contributed by atoms with Crippen molar-refractivity contribution in [1.29, 1.82) is 0 Å². The molecule has 0 aliphatic carbocycles. The van der Waals surface area contributed by atoms with Gasteiger partial charge in [0.25, 0.3) is 0 Å². The van der Waals surface area contributed by atoms with Crippen LogP contribution >= 0.6 is 0 Å². The number of hydrogen-bond donors (Lipinski definition) is 0. The minimum Gasteiger partial charge on any atom is -0.462 e. The average molecular weight is 449 g/mol. The molecule has 0 radical (unpaired) electrons. The zero-order valence-electron chi connectivity index (χ0n) is 18.0. The molecule has 4 rings (SSSR count). The molecule has 1 heterocycles. The second kappa shape index (κ2) is 8.96. The van der Waals surface area contributed by atoms with Crippen LogP contribution < -0.4 is 0 Å². The van der Waals surface area contributed by atoms with Gasteiger partial charge in [-0.15, -0.1) is 0 Å². The molecule has 4 aromatic rings. The summed E-state index contributed by atoms with van der Waals surface area (Å²) in [5.74, 6) is 0.309. The first-order chi connectivity index (χ1) is 15.4. The molecule has 0 aliphatic heterocycles. The van der Waals surface area contributed by atoms with Crippen molar-refractivity contribution in [2.24, 2.45) is 0 Å². The van der Waals surface area contributed by atoms with E-state index in [0.717, 1.165) is 28.0 Å². The van der Waals surface area contributed by atoms with Crippen LogP contribution in [-0.2, 0) is 26.9 Å². The topological polar surface area (TPSA) is 78.3 Å². The summed E-state index contributed by atoms with van der Waals surface area (Å²) in [6.07, 6.45) is 0. The normalized spacial score (nSPS) is 11.6. The van der Waals surface area contributed by atoms with Crippen LogP contribution in [-0.4, -0.2) is 30.5 Å². The highest BCUT2D eigenvalue weighted by molar-refractivity contribution is 7.90. The zero-order chi connectivity index (χ0) is 22.7. The van der Waals surface area contributed by atoms with E-state index < -0.39 is 9.84 Å². The lowest BCUT2D eigenvalue weighted by molar-refractivity contribution is 0.0526. The molecular formula is C25H24N2O4S. The van der Waals surface area contributed by atoms with E-state index >= 15 is 0 Å². The summed E-state index contributed by atoms with van der Waals surface area (Å²) in [6, 6.07) is 21.3. The third-order valence-electron chi connectivity index (χ3n) is 5.34. The van der Waals surface area contributed by atoms with E-state index in [1.165, 1.54) is 0 Å². The molecule has 0 bridgehead atoms. The molecule has 0 amide bonds. The molecule has 6 nitrogen and oxygen atoms in total. The minimum atomic E-state index is -3.48. The van der Waals surface area contributed by atoms with Gasteiger partial charge in [0, 0.05) is 6.54 Å². The Balaban J connectivity index is 1.70. The Morgan fingerprint density at radius 1 is 0.969 bits per heavy atom. The van der Waals surface area contributed by atoms with Gasteiger partial charge >= 0.3 is 5.97 Å². The number of sulfone groups is 1. The van der Waals surface area contributed by atoms with Crippen molar-refractivity contribution in [3.63, 3.8) is 0 Å². The number of nitrogens with zero attached hydrogens (tertiary/aromatic N) is 2. The van der Waals surface area contributed by atoms with Gasteiger partial charge in [0.15, 0.2) is 9.84 Å². The molecular weight excluding hydrogens is 424 g/mol. The first kappa shape index (κ1) is 21.8. The number of aromatic nitrogens is 2. The van der Waals surface area contributed by atoms with Crippen molar-refractivity contribution < 1.29 is 17.9 Å². The standard InChI is InChI=1S/C25H24N2O4S/c1-3-31-25(28)19-13-14-23-24(15-19)27(18(2)26-23)16-20-9-7-8-10-21(20)17-32(29,30)22-11-5-4-6-12-22/h4-15H,3,16-17H2,1-2H3. The molecule has 1 aromatic heterocycles. The highest BCUT2D eigenvalue weighted by Crippen LogP contribution is 2.23. The van der Waals surface area contributed by atoms with Crippen molar-refractivity contribution in [2.75, 3.05) is 6.61 Å². The molecule has 32 heavy (non-hydrogen) atoms. The van der Waals surface area contributed by atoms with Crippen LogP contribution in [0.2, 0.25) is 0 Å². The first-order valence-electron chi connectivity index (χ1n) is 10.4. The lowest BCUT2D eigenvalue weighted by Gasteiger charge is -2.13. The molecule has 0 N–H and O–H groups in total. The van der Waals surface area contributed by atoms with Crippen molar-refractivity contribution >= 4 is 26.8 Å². The van der Waals surface area contributed by atoms with E-state index in [1.54, 1.807) is 55.5 Å². The smallest absolute Gasteiger partial charge is 0.338 e. The Kier molecular flexibility index (Phi) is 6.10. The molecule has 3 aromatic carbocycles. The number of carbonyl (C=O) groups excluding carboxylic acids is 1. The van der Waals surface area contributed by atoms with Gasteiger partial charge in [0.05, 0.1) is 33.9 Å².